The summed E-state index contributed by atoms with van der Waals surface area (Å²) in [5, 5.41) is 2.62. The molecule has 1 aromatic carbocycles. The number of rotatable bonds is 2. The SMILES string of the molecule is Cc1ccc(NC(=O)C2CCCN2C(=O)C(F)(F)F)c(C)c1. The Hall–Kier alpha value is -2.05. The van der Waals surface area contributed by atoms with E-state index in [-0.39, 0.29) is 13.0 Å². The van der Waals surface area contributed by atoms with Crippen molar-refractivity contribution in [2.45, 2.75) is 38.9 Å². The van der Waals surface area contributed by atoms with Crippen LogP contribution >= 0.6 is 0 Å². The minimum Gasteiger partial charge on any atom is -0.324 e. The van der Waals surface area contributed by atoms with Gasteiger partial charge >= 0.3 is 12.1 Å². The smallest absolute Gasteiger partial charge is 0.324 e. The molecule has 2 amide bonds. The number of alkyl halides is 3. The number of benzene rings is 1. The van der Waals surface area contributed by atoms with E-state index in [1.165, 1.54) is 0 Å². The summed E-state index contributed by atoms with van der Waals surface area (Å²) in [5.74, 6) is -2.53. The fraction of sp³-hybridized carbons (Fsp3) is 0.467. The summed E-state index contributed by atoms with van der Waals surface area (Å²) in [6.45, 7) is 3.65. The highest BCUT2D eigenvalue weighted by Gasteiger charge is 2.47. The maximum Gasteiger partial charge on any atom is 0.471 e. The summed E-state index contributed by atoms with van der Waals surface area (Å²) in [7, 11) is 0. The van der Waals surface area contributed by atoms with E-state index >= 15 is 0 Å². The minimum absolute atomic E-state index is 0.0523. The topological polar surface area (TPSA) is 49.4 Å². The van der Waals surface area contributed by atoms with Gasteiger partial charge < -0.3 is 10.2 Å². The molecule has 1 unspecified atom stereocenters. The lowest BCUT2D eigenvalue weighted by Gasteiger charge is -2.25. The average molecular weight is 314 g/mol. The highest BCUT2D eigenvalue weighted by molar-refractivity contribution is 5.98. The molecular formula is C15H17F3N2O2. The van der Waals surface area contributed by atoms with Crippen molar-refractivity contribution in [3.63, 3.8) is 0 Å². The normalized spacial score (nSPS) is 18.4. The molecule has 1 saturated heterocycles. The maximum atomic E-state index is 12.6. The Morgan fingerprint density at radius 1 is 1.27 bits per heavy atom. The van der Waals surface area contributed by atoms with Gasteiger partial charge in [0.15, 0.2) is 0 Å². The Bertz CT molecular complexity index is 599. The zero-order valence-corrected chi connectivity index (χ0v) is 12.3. The molecule has 0 radical (unpaired) electrons. The number of hydrogen-bond acceptors (Lipinski definition) is 2. The summed E-state index contributed by atoms with van der Waals surface area (Å²) < 4.78 is 37.7. The molecule has 120 valence electrons. The van der Waals surface area contributed by atoms with Gasteiger partial charge in [0.1, 0.15) is 6.04 Å². The predicted molar refractivity (Wildman–Crippen MR) is 75.3 cm³/mol. The Balaban J connectivity index is 2.13. The van der Waals surface area contributed by atoms with E-state index in [2.05, 4.69) is 5.32 Å². The van der Waals surface area contributed by atoms with E-state index in [1.54, 1.807) is 19.1 Å². The summed E-state index contributed by atoms with van der Waals surface area (Å²) >= 11 is 0. The van der Waals surface area contributed by atoms with E-state index in [0.717, 1.165) is 11.1 Å². The lowest BCUT2D eigenvalue weighted by Crippen LogP contribution is -2.48. The molecule has 1 heterocycles. The van der Waals surface area contributed by atoms with Crippen molar-refractivity contribution in [2.24, 2.45) is 0 Å². The van der Waals surface area contributed by atoms with E-state index < -0.39 is 24.0 Å². The minimum atomic E-state index is -4.96. The number of halogens is 3. The molecule has 1 aliphatic rings. The van der Waals surface area contributed by atoms with Crippen molar-refractivity contribution >= 4 is 17.5 Å². The van der Waals surface area contributed by atoms with Crippen molar-refractivity contribution in [1.82, 2.24) is 4.90 Å². The number of aryl methyl sites for hydroxylation is 2. The molecule has 4 nitrogen and oxygen atoms in total. The van der Waals surface area contributed by atoms with Crippen LogP contribution < -0.4 is 5.32 Å². The zero-order valence-electron chi connectivity index (χ0n) is 12.3. The maximum absolute atomic E-state index is 12.6. The highest BCUT2D eigenvalue weighted by atomic mass is 19.4. The van der Waals surface area contributed by atoms with Crippen LogP contribution in [0.25, 0.3) is 0 Å². The van der Waals surface area contributed by atoms with Gasteiger partial charge in [-0.2, -0.15) is 13.2 Å². The van der Waals surface area contributed by atoms with Gasteiger partial charge in [-0.15, -0.1) is 0 Å². The molecule has 1 fully saturated rings. The number of hydrogen-bond donors (Lipinski definition) is 1. The zero-order chi connectivity index (χ0) is 16.5. The van der Waals surface area contributed by atoms with Gasteiger partial charge in [0, 0.05) is 12.2 Å². The fourth-order valence-electron chi connectivity index (χ4n) is 2.62. The Labute approximate surface area is 126 Å². The Morgan fingerprint density at radius 3 is 2.55 bits per heavy atom. The van der Waals surface area contributed by atoms with Crippen molar-refractivity contribution in [2.75, 3.05) is 11.9 Å². The largest absolute Gasteiger partial charge is 0.471 e. The molecule has 0 aromatic heterocycles. The van der Waals surface area contributed by atoms with Gasteiger partial charge in [-0.3, -0.25) is 9.59 Å². The average Bonchev–Trinajstić information content (AvgIpc) is 2.89. The Kier molecular flexibility index (Phi) is 4.44. The third kappa shape index (κ3) is 3.40. The van der Waals surface area contributed by atoms with Crippen LogP contribution in [0.2, 0.25) is 0 Å². The first kappa shape index (κ1) is 16.3. The van der Waals surface area contributed by atoms with Gasteiger partial charge in [-0.05, 0) is 38.3 Å². The quantitative estimate of drug-likeness (QED) is 0.912. The van der Waals surface area contributed by atoms with E-state index in [9.17, 15) is 22.8 Å². The lowest BCUT2D eigenvalue weighted by atomic mass is 10.1. The summed E-state index contributed by atoms with van der Waals surface area (Å²) in [6, 6.07) is 4.29. The van der Waals surface area contributed by atoms with Crippen LogP contribution in [0, 0.1) is 13.8 Å². The van der Waals surface area contributed by atoms with Crippen molar-refractivity contribution < 1.29 is 22.8 Å². The number of nitrogens with one attached hydrogen (secondary N) is 1. The van der Waals surface area contributed by atoms with Crippen LogP contribution in [0.1, 0.15) is 24.0 Å². The van der Waals surface area contributed by atoms with Crippen molar-refractivity contribution in [3.8, 4) is 0 Å². The lowest BCUT2D eigenvalue weighted by molar-refractivity contribution is -0.186. The van der Waals surface area contributed by atoms with Gasteiger partial charge in [0.2, 0.25) is 5.91 Å². The second-order valence-electron chi connectivity index (χ2n) is 5.46. The number of amides is 2. The van der Waals surface area contributed by atoms with E-state index in [1.807, 2.05) is 13.0 Å². The van der Waals surface area contributed by atoms with Crippen LogP contribution in [0.3, 0.4) is 0 Å². The molecule has 0 aliphatic carbocycles. The molecular weight excluding hydrogens is 297 g/mol. The second kappa shape index (κ2) is 5.98. The van der Waals surface area contributed by atoms with Crippen LogP contribution in [0.5, 0.6) is 0 Å². The first-order valence-electron chi connectivity index (χ1n) is 6.96. The van der Waals surface area contributed by atoms with Gasteiger partial charge in [0.25, 0.3) is 0 Å². The fourth-order valence-corrected chi connectivity index (χ4v) is 2.62. The Morgan fingerprint density at radius 2 is 1.95 bits per heavy atom. The summed E-state index contributed by atoms with van der Waals surface area (Å²) in [6.07, 6.45) is -4.34. The monoisotopic (exact) mass is 314 g/mol. The molecule has 7 heteroatoms. The molecule has 1 atom stereocenters. The van der Waals surface area contributed by atoms with Crippen LogP contribution in [-0.4, -0.2) is 35.5 Å². The third-order valence-corrected chi connectivity index (χ3v) is 3.70. The van der Waals surface area contributed by atoms with Crippen molar-refractivity contribution in [1.29, 1.82) is 0 Å². The van der Waals surface area contributed by atoms with Crippen LogP contribution in [0.4, 0.5) is 18.9 Å². The highest BCUT2D eigenvalue weighted by Crippen LogP contribution is 2.27. The molecule has 1 aromatic rings. The number of carbonyl (C=O) groups excluding carboxylic acids is 2. The van der Waals surface area contributed by atoms with Crippen LogP contribution in [0.15, 0.2) is 18.2 Å². The molecule has 0 spiro atoms. The second-order valence-corrected chi connectivity index (χ2v) is 5.46. The molecule has 1 N–H and O–H groups in total. The molecule has 22 heavy (non-hydrogen) atoms. The number of nitrogens with zero attached hydrogens (tertiary/aromatic N) is 1. The number of anilines is 1. The standard InChI is InChI=1S/C15H17F3N2O2/c1-9-5-6-11(10(2)8-9)19-13(21)12-4-3-7-20(12)14(22)15(16,17)18/h5-6,8,12H,3-4,7H2,1-2H3,(H,19,21). The van der Waals surface area contributed by atoms with Gasteiger partial charge in [0.05, 0.1) is 0 Å². The summed E-state index contributed by atoms with van der Waals surface area (Å²) in [4.78, 5) is 24.2. The first-order valence-corrected chi connectivity index (χ1v) is 6.96. The molecule has 0 saturated carbocycles. The van der Waals surface area contributed by atoms with Crippen LogP contribution in [-0.2, 0) is 9.59 Å². The molecule has 0 bridgehead atoms. The first-order chi connectivity index (χ1) is 10.2. The molecule has 2 rings (SSSR count). The number of likely N-dealkylation sites (tertiary alicyclic amines) is 1. The van der Waals surface area contributed by atoms with Gasteiger partial charge in [-0.25, -0.2) is 0 Å². The van der Waals surface area contributed by atoms with E-state index in [4.69, 9.17) is 0 Å². The van der Waals surface area contributed by atoms with E-state index in [0.29, 0.717) is 17.0 Å². The van der Waals surface area contributed by atoms with Crippen molar-refractivity contribution in [3.05, 3.63) is 29.3 Å². The third-order valence-electron chi connectivity index (χ3n) is 3.70. The van der Waals surface area contributed by atoms with Gasteiger partial charge in [-0.1, -0.05) is 17.7 Å². The summed E-state index contributed by atoms with van der Waals surface area (Å²) in [5.41, 5.74) is 2.38. The number of carbonyl (C=O) groups is 2. The predicted octanol–water partition coefficient (Wildman–Crippen LogP) is 2.80. The molecule has 1 aliphatic heterocycles.